The minimum atomic E-state index is -0.835. The summed E-state index contributed by atoms with van der Waals surface area (Å²) in [4.78, 5) is 0. The quantitative estimate of drug-likeness (QED) is 0.754. The van der Waals surface area contributed by atoms with Crippen LogP contribution in [0.1, 0.15) is 32.2 Å². The van der Waals surface area contributed by atoms with Gasteiger partial charge in [0.1, 0.15) is 0 Å². The summed E-state index contributed by atoms with van der Waals surface area (Å²) in [5, 5.41) is 14.3. The van der Waals surface area contributed by atoms with Gasteiger partial charge >= 0.3 is 0 Å². The van der Waals surface area contributed by atoms with E-state index in [-0.39, 0.29) is 6.54 Å². The Morgan fingerprint density at radius 3 is 2.67 bits per heavy atom. The van der Waals surface area contributed by atoms with Crippen LogP contribution in [0.3, 0.4) is 0 Å². The maximum absolute atomic E-state index is 9.91. The van der Waals surface area contributed by atoms with E-state index in [1.54, 1.807) is 6.92 Å². The molecule has 4 nitrogen and oxygen atoms in total. The zero-order valence-corrected chi connectivity index (χ0v) is 9.82. The molecule has 0 aliphatic carbocycles. The molecule has 0 spiro atoms. The highest BCUT2D eigenvalue weighted by Crippen LogP contribution is 2.14. The van der Waals surface area contributed by atoms with Gasteiger partial charge in [-0.25, -0.2) is 0 Å². The van der Waals surface area contributed by atoms with Gasteiger partial charge in [-0.05, 0) is 26.3 Å². The lowest BCUT2D eigenvalue weighted by atomic mass is 10.0. The third-order valence-electron chi connectivity index (χ3n) is 2.58. The van der Waals surface area contributed by atoms with Crippen LogP contribution in [0.15, 0.2) is 6.07 Å². The first-order valence-corrected chi connectivity index (χ1v) is 5.50. The lowest BCUT2D eigenvalue weighted by Gasteiger charge is -2.20. The van der Waals surface area contributed by atoms with E-state index >= 15 is 0 Å². The maximum Gasteiger partial charge on any atom is 0.0796 e. The first-order valence-electron chi connectivity index (χ1n) is 5.50. The molecule has 0 aromatic carbocycles. The van der Waals surface area contributed by atoms with Gasteiger partial charge in [0.2, 0.25) is 0 Å². The molecule has 0 saturated carbocycles. The van der Waals surface area contributed by atoms with E-state index in [4.69, 9.17) is 5.73 Å². The molecule has 1 atom stereocenters. The predicted octanol–water partition coefficient (Wildman–Crippen LogP) is 0.718. The lowest BCUT2D eigenvalue weighted by Crippen LogP contribution is -2.37. The van der Waals surface area contributed by atoms with Crippen molar-refractivity contribution in [3.8, 4) is 0 Å². The standard InChI is InChI=1S/C11H21N3O/c1-4-9-6-10(14(5-2)13-9)7-11(3,15)8-12/h6,15H,4-5,7-8,12H2,1-3H3. The molecule has 1 rings (SSSR count). The molecule has 15 heavy (non-hydrogen) atoms. The van der Waals surface area contributed by atoms with Gasteiger partial charge < -0.3 is 10.8 Å². The normalized spacial score (nSPS) is 15.3. The van der Waals surface area contributed by atoms with E-state index < -0.39 is 5.60 Å². The highest BCUT2D eigenvalue weighted by Gasteiger charge is 2.21. The third-order valence-corrected chi connectivity index (χ3v) is 2.58. The van der Waals surface area contributed by atoms with Crippen LogP contribution in [0, 0.1) is 0 Å². The number of hydrogen-bond donors (Lipinski definition) is 2. The fourth-order valence-corrected chi connectivity index (χ4v) is 1.57. The van der Waals surface area contributed by atoms with Gasteiger partial charge in [-0.1, -0.05) is 6.92 Å². The summed E-state index contributed by atoms with van der Waals surface area (Å²) in [6.45, 7) is 6.98. The molecule has 0 saturated heterocycles. The minimum Gasteiger partial charge on any atom is -0.388 e. The SMILES string of the molecule is CCc1cc(CC(C)(O)CN)n(CC)n1. The molecule has 0 fully saturated rings. The summed E-state index contributed by atoms with van der Waals surface area (Å²) in [6.07, 6.45) is 1.48. The van der Waals surface area contributed by atoms with Gasteiger partial charge in [0, 0.05) is 25.2 Å². The second kappa shape index (κ2) is 4.77. The number of nitrogens with zero attached hydrogens (tertiary/aromatic N) is 2. The van der Waals surface area contributed by atoms with Crippen LogP contribution in [0.25, 0.3) is 0 Å². The van der Waals surface area contributed by atoms with Crippen LogP contribution in [-0.4, -0.2) is 27.0 Å². The van der Waals surface area contributed by atoms with Gasteiger partial charge in [-0.3, -0.25) is 4.68 Å². The number of hydrogen-bond acceptors (Lipinski definition) is 3. The Hall–Kier alpha value is -0.870. The minimum absolute atomic E-state index is 0.267. The number of aliphatic hydroxyl groups is 1. The summed E-state index contributed by atoms with van der Waals surface area (Å²) < 4.78 is 1.93. The Labute approximate surface area is 91.1 Å². The molecule has 86 valence electrons. The van der Waals surface area contributed by atoms with Crippen molar-refractivity contribution < 1.29 is 5.11 Å². The molecular formula is C11H21N3O. The highest BCUT2D eigenvalue weighted by molar-refractivity contribution is 5.13. The lowest BCUT2D eigenvalue weighted by molar-refractivity contribution is 0.0674. The summed E-state index contributed by atoms with van der Waals surface area (Å²) in [6, 6.07) is 2.05. The zero-order valence-electron chi connectivity index (χ0n) is 9.82. The molecule has 3 N–H and O–H groups in total. The van der Waals surface area contributed by atoms with Crippen LogP contribution < -0.4 is 5.73 Å². The molecule has 1 aromatic rings. The van der Waals surface area contributed by atoms with E-state index in [0.717, 1.165) is 24.4 Å². The van der Waals surface area contributed by atoms with Crippen molar-refractivity contribution in [1.82, 2.24) is 9.78 Å². The van der Waals surface area contributed by atoms with Gasteiger partial charge in [0.05, 0.1) is 11.3 Å². The van der Waals surface area contributed by atoms with E-state index in [9.17, 15) is 5.11 Å². The van der Waals surface area contributed by atoms with Gasteiger partial charge in [0.15, 0.2) is 0 Å². The fourth-order valence-electron chi connectivity index (χ4n) is 1.57. The van der Waals surface area contributed by atoms with Crippen LogP contribution in [-0.2, 0) is 19.4 Å². The molecule has 0 radical (unpaired) electrons. The van der Waals surface area contributed by atoms with Crippen LogP contribution in [0.5, 0.6) is 0 Å². The number of aromatic nitrogens is 2. The van der Waals surface area contributed by atoms with E-state index in [1.807, 2.05) is 17.7 Å². The molecule has 1 unspecified atom stereocenters. The van der Waals surface area contributed by atoms with E-state index in [2.05, 4.69) is 12.0 Å². The monoisotopic (exact) mass is 211 g/mol. The molecule has 1 aromatic heterocycles. The van der Waals surface area contributed by atoms with Crippen molar-refractivity contribution in [2.75, 3.05) is 6.54 Å². The zero-order chi connectivity index (χ0) is 11.5. The summed E-state index contributed by atoms with van der Waals surface area (Å²) in [5.74, 6) is 0. The Kier molecular flexibility index (Phi) is 3.88. The Balaban J connectivity index is 2.88. The number of rotatable bonds is 5. The van der Waals surface area contributed by atoms with Gasteiger partial charge in [0.25, 0.3) is 0 Å². The number of aryl methyl sites for hydroxylation is 2. The average molecular weight is 211 g/mol. The molecule has 0 aliphatic heterocycles. The molecule has 0 amide bonds. The highest BCUT2D eigenvalue weighted by atomic mass is 16.3. The second-order valence-corrected chi connectivity index (χ2v) is 4.17. The smallest absolute Gasteiger partial charge is 0.0796 e. The summed E-state index contributed by atoms with van der Waals surface area (Å²) >= 11 is 0. The average Bonchev–Trinajstić information content (AvgIpc) is 2.59. The van der Waals surface area contributed by atoms with E-state index in [0.29, 0.717) is 6.42 Å². The van der Waals surface area contributed by atoms with Crippen LogP contribution >= 0.6 is 0 Å². The Morgan fingerprint density at radius 1 is 1.53 bits per heavy atom. The van der Waals surface area contributed by atoms with Crippen LogP contribution in [0.2, 0.25) is 0 Å². The van der Waals surface area contributed by atoms with Crippen LogP contribution in [0.4, 0.5) is 0 Å². The van der Waals surface area contributed by atoms with Crippen molar-refractivity contribution in [2.24, 2.45) is 5.73 Å². The largest absolute Gasteiger partial charge is 0.388 e. The first-order chi connectivity index (χ1) is 7.02. The van der Waals surface area contributed by atoms with Crippen molar-refractivity contribution in [2.45, 2.75) is 45.8 Å². The fraction of sp³-hybridized carbons (Fsp3) is 0.727. The summed E-state index contributed by atoms with van der Waals surface area (Å²) in [5.41, 5.74) is 6.80. The Bertz CT molecular complexity index is 318. The molecule has 1 heterocycles. The molecule has 0 bridgehead atoms. The van der Waals surface area contributed by atoms with E-state index in [1.165, 1.54) is 0 Å². The van der Waals surface area contributed by atoms with Crippen molar-refractivity contribution in [3.63, 3.8) is 0 Å². The molecule has 4 heteroatoms. The van der Waals surface area contributed by atoms with Crippen molar-refractivity contribution in [1.29, 1.82) is 0 Å². The molecule has 0 aliphatic rings. The van der Waals surface area contributed by atoms with Gasteiger partial charge in [-0.15, -0.1) is 0 Å². The third kappa shape index (κ3) is 3.04. The van der Waals surface area contributed by atoms with Crippen molar-refractivity contribution in [3.05, 3.63) is 17.5 Å². The predicted molar refractivity (Wildman–Crippen MR) is 60.7 cm³/mol. The summed E-state index contributed by atoms with van der Waals surface area (Å²) in [7, 11) is 0. The van der Waals surface area contributed by atoms with Crippen molar-refractivity contribution >= 4 is 0 Å². The maximum atomic E-state index is 9.91. The Morgan fingerprint density at radius 2 is 2.20 bits per heavy atom. The second-order valence-electron chi connectivity index (χ2n) is 4.17. The van der Waals surface area contributed by atoms with Gasteiger partial charge in [-0.2, -0.15) is 5.10 Å². The topological polar surface area (TPSA) is 64.1 Å². The number of nitrogens with two attached hydrogens (primary N) is 1. The first kappa shape index (κ1) is 12.2. The molecular weight excluding hydrogens is 190 g/mol.